The van der Waals surface area contributed by atoms with Crippen LogP contribution in [-0.4, -0.2) is 49.9 Å². The smallest absolute Gasteiger partial charge is 0.318 e. The summed E-state index contributed by atoms with van der Waals surface area (Å²) >= 11 is 0. The van der Waals surface area contributed by atoms with Crippen molar-refractivity contribution < 1.29 is 14.3 Å². The molecule has 0 bridgehead atoms. The first-order valence-electron chi connectivity index (χ1n) is 9.29. The van der Waals surface area contributed by atoms with Crippen LogP contribution in [0.1, 0.15) is 30.4 Å². The second kappa shape index (κ2) is 7.22. The maximum atomic E-state index is 12.8. The Balaban J connectivity index is 1.39. The van der Waals surface area contributed by atoms with Gasteiger partial charge in [0.1, 0.15) is 5.75 Å². The van der Waals surface area contributed by atoms with Crippen molar-refractivity contribution in [2.24, 2.45) is 5.92 Å². The summed E-state index contributed by atoms with van der Waals surface area (Å²) in [6.07, 6.45) is 3.32. The minimum absolute atomic E-state index is 0.00712. The van der Waals surface area contributed by atoms with Crippen LogP contribution < -0.4 is 15.4 Å². The Morgan fingerprint density at radius 3 is 2.92 bits per heavy atom. The third kappa shape index (κ3) is 3.33. The molecule has 2 amide bonds. The van der Waals surface area contributed by atoms with E-state index in [2.05, 4.69) is 16.7 Å². The molecule has 3 aliphatic heterocycles. The molecule has 2 N–H and O–H groups in total. The number of carbonyl (C=O) groups is 1. The average molecular weight is 345 g/mol. The largest absolute Gasteiger partial charge is 0.496 e. The molecule has 136 valence electrons. The molecule has 0 aromatic heterocycles. The summed E-state index contributed by atoms with van der Waals surface area (Å²) < 4.78 is 11.4. The molecule has 3 aliphatic rings. The minimum Gasteiger partial charge on any atom is -0.496 e. The summed E-state index contributed by atoms with van der Waals surface area (Å²) in [6.45, 7) is 4.09. The molecule has 0 spiro atoms. The number of benzene rings is 1. The van der Waals surface area contributed by atoms with Gasteiger partial charge in [-0.15, -0.1) is 0 Å². The Hall–Kier alpha value is -1.79. The fourth-order valence-electron chi connectivity index (χ4n) is 4.38. The van der Waals surface area contributed by atoms with Crippen LogP contribution in [0.15, 0.2) is 18.2 Å². The quantitative estimate of drug-likeness (QED) is 0.878. The van der Waals surface area contributed by atoms with E-state index in [0.717, 1.165) is 50.3 Å². The summed E-state index contributed by atoms with van der Waals surface area (Å²) in [7, 11) is 1.68. The van der Waals surface area contributed by atoms with Gasteiger partial charge in [-0.2, -0.15) is 0 Å². The molecule has 4 rings (SSSR count). The van der Waals surface area contributed by atoms with Gasteiger partial charge in [0.2, 0.25) is 0 Å². The average Bonchev–Trinajstić information content (AvgIpc) is 3.28. The Kier molecular flexibility index (Phi) is 4.81. The number of piperidine rings is 1. The van der Waals surface area contributed by atoms with Gasteiger partial charge in [0.15, 0.2) is 0 Å². The predicted octanol–water partition coefficient (Wildman–Crippen LogP) is 1.88. The molecular weight excluding hydrogens is 318 g/mol. The van der Waals surface area contributed by atoms with Gasteiger partial charge in [0.05, 0.1) is 25.8 Å². The van der Waals surface area contributed by atoms with Crippen molar-refractivity contribution in [1.29, 1.82) is 0 Å². The van der Waals surface area contributed by atoms with Crippen LogP contribution in [-0.2, 0) is 17.8 Å². The van der Waals surface area contributed by atoms with Crippen LogP contribution in [0.3, 0.4) is 0 Å². The highest BCUT2D eigenvalue weighted by Crippen LogP contribution is 2.31. The van der Waals surface area contributed by atoms with Crippen LogP contribution in [0.25, 0.3) is 0 Å². The van der Waals surface area contributed by atoms with Crippen LogP contribution in [0, 0.1) is 5.92 Å². The number of nitrogens with one attached hydrogen (secondary N) is 2. The van der Waals surface area contributed by atoms with Crippen molar-refractivity contribution in [2.75, 3.05) is 26.8 Å². The van der Waals surface area contributed by atoms with Gasteiger partial charge in [-0.25, -0.2) is 4.79 Å². The lowest BCUT2D eigenvalue weighted by Crippen LogP contribution is -2.49. The second-order valence-corrected chi connectivity index (χ2v) is 7.22. The molecule has 2 saturated heterocycles. The molecule has 0 saturated carbocycles. The first-order valence-corrected chi connectivity index (χ1v) is 9.29. The van der Waals surface area contributed by atoms with Crippen molar-refractivity contribution in [3.05, 3.63) is 29.3 Å². The summed E-state index contributed by atoms with van der Waals surface area (Å²) in [5.41, 5.74) is 2.30. The van der Waals surface area contributed by atoms with E-state index in [-0.39, 0.29) is 18.2 Å². The van der Waals surface area contributed by atoms with Gasteiger partial charge in [-0.1, -0.05) is 12.1 Å². The first kappa shape index (κ1) is 16.7. The highest BCUT2D eigenvalue weighted by Gasteiger charge is 2.37. The molecule has 6 nitrogen and oxygen atoms in total. The number of ether oxygens (including phenoxy) is 2. The highest BCUT2D eigenvalue weighted by molar-refractivity contribution is 5.75. The second-order valence-electron chi connectivity index (χ2n) is 7.22. The standard InChI is InChI=1S/C19H27N3O3/c1-24-17-4-2-3-14-11-22(12-15(14)17)19(23)21-16-7-10-25-18(16)13-5-8-20-9-6-13/h2-4,13,16,18,20H,5-12H2,1H3,(H,21,23)/t16-,18+/m1/s1. The highest BCUT2D eigenvalue weighted by atomic mass is 16.5. The number of hydrogen-bond acceptors (Lipinski definition) is 4. The van der Waals surface area contributed by atoms with E-state index in [4.69, 9.17) is 9.47 Å². The number of carbonyl (C=O) groups excluding carboxylic acids is 1. The van der Waals surface area contributed by atoms with E-state index in [1.807, 2.05) is 17.0 Å². The molecule has 6 heteroatoms. The summed E-state index contributed by atoms with van der Waals surface area (Å²) in [6, 6.07) is 6.14. The van der Waals surface area contributed by atoms with E-state index in [0.29, 0.717) is 19.0 Å². The number of nitrogens with zero attached hydrogens (tertiary/aromatic N) is 1. The van der Waals surface area contributed by atoms with Crippen LogP contribution in [0.5, 0.6) is 5.75 Å². The number of fused-ring (bicyclic) bond motifs is 1. The Labute approximate surface area is 148 Å². The molecule has 1 aromatic carbocycles. The van der Waals surface area contributed by atoms with Crippen LogP contribution in [0.2, 0.25) is 0 Å². The lowest BCUT2D eigenvalue weighted by Gasteiger charge is -2.32. The normalized spacial score (nSPS) is 26.5. The summed E-state index contributed by atoms with van der Waals surface area (Å²) in [5.74, 6) is 1.41. The molecule has 0 unspecified atom stereocenters. The topological polar surface area (TPSA) is 62.8 Å². The minimum atomic E-state index is 0.00712. The van der Waals surface area contributed by atoms with Crippen LogP contribution in [0.4, 0.5) is 4.79 Å². The van der Waals surface area contributed by atoms with Crippen molar-refractivity contribution in [3.8, 4) is 5.75 Å². The van der Waals surface area contributed by atoms with Gasteiger partial charge in [0, 0.05) is 18.7 Å². The van der Waals surface area contributed by atoms with Gasteiger partial charge in [-0.05, 0) is 49.9 Å². The molecule has 2 atom stereocenters. The molecular formula is C19H27N3O3. The predicted molar refractivity (Wildman–Crippen MR) is 94.5 cm³/mol. The molecule has 25 heavy (non-hydrogen) atoms. The van der Waals surface area contributed by atoms with Gasteiger partial charge < -0.3 is 25.0 Å². The van der Waals surface area contributed by atoms with Crippen LogP contribution >= 0.6 is 0 Å². The zero-order chi connectivity index (χ0) is 17.2. The first-order chi connectivity index (χ1) is 12.3. The molecule has 0 aliphatic carbocycles. The van der Waals surface area contributed by atoms with E-state index in [1.165, 1.54) is 5.56 Å². The number of methoxy groups -OCH3 is 1. The monoisotopic (exact) mass is 345 g/mol. The molecule has 1 aromatic rings. The maximum Gasteiger partial charge on any atom is 0.318 e. The number of rotatable bonds is 3. The SMILES string of the molecule is COc1cccc2c1CN(C(=O)N[C@@H]1CCO[C@H]1C1CCNCC1)C2. The van der Waals surface area contributed by atoms with E-state index in [9.17, 15) is 4.79 Å². The fourth-order valence-corrected chi connectivity index (χ4v) is 4.38. The Bertz CT molecular complexity index is 630. The van der Waals surface area contributed by atoms with Crippen molar-refractivity contribution in [2.45, 2.75) is 44.5 Å². The van der Waals surface area contributed by atoms with Crippen molar-refractivity contribution in [3.63, 3.8) is 0 Å². The third-order valence-corrected chi connectivity index (χ3v) is 5.74. The summed E-state index contributed by atoms with van der Waals surface area (Å²) in [5, 5.41) is 6.64. The number of amides is 2. The lowest BCUT2D eigenvalue weighted by molar-refractivity contribution is 0.0386. The zero-order valence-corrected chi connectivity index (χ0v) is 14.8. The van der Waals surface area contributed by atoms with Gasteiger partial charge >= 0.3 is 6.03 Å². The molecule has 0 radical (unpaired) electrons. The molecule has 3 heterocycles. The van der Waals surface area contributed by atoms with Gasteiger partial charge in [-0.3, -0.25) is 0 Å². The number of urea groups is 1. The fraction of sp³-hybridized carbons (Fsp3) is 0.632. The zero-order valence-electron chi connectivity index (χ0n) is 14.8. The number of hydrogen-bond donors (Lipinski definition) is 2. The third-order valence-electron chi connectivity index (χ3n) is 5.74. The van der Waals surface area contributed by atoms with E-state index in [1.54, 1.807) is 7.11 Å². The van der Waals surface area contributed by atoms with Crippen molar-refractivity contribution in [1.82, 2.24) is 15.5 Å². The van der Waals surface area contributed by atoms with Crippen molar-refractivity contribution >= 4 is 6.03 Å². The summed E-state index contributed by atoms with van der Waals surface area (Å²) in [4.78, 5) is 14.7. The van der Waals surface area contributed by atoms with Gasteiger partial charge in [0.25, 0.3) is 0 Å². The molecule has 2 fully saturated rings. The van der Waals surface area contributed by atoms with E-state index >= 15 is 0 Å². The van der Waals surface area contributed by atoms with E-state index < -0.39 is 0 Å². The Morgan fingerprint density at radius 1 is 1.28 bits per heavy atom. The lowest BCUT2D eigenvalue weighted by atomic mass is 9.88. The maximum absolute atomic E-state index is 12.8. The Morgan fingerprint density at radius 2 is 2.12 bits per heavy atom.